The number of fused-ring (bicyclic) bond motifs is 3. The van der Waals surface area contributed by atoms with Crippen LogP contribution in [0.2, 0.25) is 0 Å². The lowest BCUT2D eigenvalue weighted by atomic mass is 9.89. The van der Waals surface area contributed by atoms with E-state index < -0.39 is 0 Å². The van der Waals surface area contributed by atoms with Crippen LogP contribution in [0.4, 0.5) is 0 Å². The van der Waals surface area contributed by atoms with Gasteiger partial charge < -0.3 is 4.98 Å². The number of thioether (sulfide) groups is 1. The van der Waals surface area contributed by atoms with Crippen LogP contribution in [-0.2, 0) is 12.8 Å². The number of nitrogens with zero attached hydrogens (tertiary/aromatic N) is 1. The van der Waals surface area contributed by atoms with Crippen molar-refractivity contribution in [1.82, 2.24) is 9.97 Å². The van der Waals surface area contributed by atoms with Gasteiger partial charge in [-0.05, 0) is 36.7 Å². The van der Waals surface area contributed by atoms with Gasteiger partial charge in [0, 0.05) is 10.6 Å². The molecule has 1 aliphatic rings. The van der Waals surface area contributed by atoms with Gasteiger partial charge in [-0.15, -0.1) is 11.3 Å². The second-order valence-corrected chi connectivity index (χ2v) is 8.20. The molecule has 1 aliphatic carbocycles. The second kappa shape index (κ2) is 5.53. The molecular weight excluding hydrogens is 288 g/mol. The summed E-state index contributed by atoms with van der Waals surface area (Å²) in [5, 5.41) is 1.62. The first-order valence-corrected chi connectivity index (χ1v) is 9.02. The summed E-state index contributed by atoms with van der Waals surface area (Å²) in [6.07, 6.45) is 3.31. The van der Waals surface area contributed by atoms with Crippen LogP contribution in [0.1, 0.15) is 37.6 Å². The highest BCUT2D eigenvalue weighted by atomic mass is 32.2. The number of hydrogen-bond donors (Lipinski definition) is 1. The molecule has 0 saturated carbocycles. The molecule has 0 aliphatic heterocycles. The van der Waals surface area contributed by atoms with Crippen LogP contribution in [0, 0.1) is 11.8 Å². The van der Waals surface area contributed by atoms with Crippen LogP contribution in [0.15, 0.2) is 9.95 Å². The highest BCUT2D eigenvalue weighted by Crippen LogP contribution is 2.36. The van der Waals surface area contributed by atoms with Gasteiger partial charge in [-0.25, -0.2) is 4.98 Å². The third kappa shape index (κ3) is 2.66. The van der Waals surface area contributed by atoms with E-state index in [1.54, 1.807) is 23.1 Å². The molecule has 1 atom stereocenters. The molecule has 0 radical (unpaired) electrons. The minimum atomic E-state index is 0.0494. The van der Waals surface area contributed by atoms with E-state index in [0.29, 0.717) is 5.92 Å². The summed E-state index contributed by atoms with van der Waals surface area (Å²) in [4.78, 5) is 22.3. The third-order valence-corrected chi connectivity index (χ3v) is 6.15. The van der Waals surface area contributed by atoms with E-state index in [1.165, 1.54) is 16.9 Å². The maximum Gasteiger partial charge on any atom is 0.260 e. The molecule has 0 bridgehead atoms. The molecule has 108 valence electrons. The Kier molecular flexibility index (Phi) is 3.91. The van der Waals surface area contributed by atoms with Crippen molar-refractivity contribution in [3.63, 3.8) is 0 Å². The molecule has 1 N–H and O–H groups in total. The Hall–Kier alpha value is -0.810. The summed E-state index contributed by atoms with van der Waals surface area (Å²) >= 11 is 3.37. The van der Waals surface area contributed by atoms with Crippen molar-refractivity contribution in [3.05, 3.63) is 20.8 Å². The molecule has 3 nitrogen and oxygen atoms in total. The first-order valence-electron chi connectivity index (χ1n) is 7.22. The van der Waals surface area contributed by atoms with Gasteiger partial charge in [0.1, 0.15) is 4.83 Å². The standard InChI is InChI=1S/C15H20N2OS2/c1-8(2)7-19-15-16-13(18)12-10-5-4-9(3)6-11(10)20-14(12)17-15/h8-9H,4-7H2,1-3H3,(H,16,17,18)/t9-/m1/s1. The largest absolute Gasteiger partial charge is 0.301 e. The van der Waals surface area contributed by atoms with Crippen LogP contribution in [0.5, 0.6) is 0 Å². The molecule has 0 saturated heterocycles. The predicted molar refractivity (Wildman–Crippen MR) is 87.0 cm³/mol. The number of aromatic amines is 1. The number of thiophene rings is 1. The molecule has 20 heavy (non-hydrogen) atoms. The molecular formula is C15H20N2OS2. The van der Waals surface area contributed by atoms with Gasteiger partial charge in [0.2, 0.25) is 0 Å². The number of hydrogen-bond acceptors (Lipinski definition) is 4. The van der Waals surface area contributed by atoms with Crippen molar-refractivity contribution in [3.8, 4) is 0 Å². The Bertz CT molecular complexity index is 687. The minimum absolute atomic E-state index is 0.0494. The molecule has 2 aromatic heterocycles. The van der Waals surface area contributed by atoms with Gasteiger partial charge in [0.25, 0.3) is 5.56 Å². The quantitative estimate of drug-likeness (QED) is 0.692. The SMILES string of the molecule is CC(C)CSc1nc2sc3c(c2c(=O)[nH]1)CC[C@@H](C)C3. The molecule has 2 aromatic rings. The van der Waals surface area contributed by atoms with Crippen molar-refractivity contribution < 1.29 is 0 Å². The topological polar surface area (TPSA) is 45.8 Å². The van der Waals surface area contributed by atoms with Crippen molar-refractivity contribution in [1.29, 1.82) is 0 Å². The summed E-state index contributed by atoms with van der Waals surface area (Å²) in [5.74, 6) is 2.30. The minimum Gasteiger partial charge on any atom is -0.301 e. The first kappa shape index (κ1) is 14.1. The van der Waals surface area contributed by atoms with E-state index in [0.717, 1.165) is 39.9 Å². The summed E-state index contributed by atoms with van der Waals surface area (Å²) in [6.45, 7) is 6.64. The average molecular weight is 308 g/mol. The number of aromatic nitrogens is 2. The van der Waals surface area contributed by atoms with Gasteiger partial charge in [0.15, 0.2) is 5.16 Å². The van der Waals surface area contributed by atoms with Crippen molar-refractivity contribution >= 4 is 33.3 Å². The molecule has 0 unspecified atom stereocenters. The fraction of sp³-hybridized carbons (Fsp3) is 0.600. The number of aryl methyl sites for hydroxylation is 1. The highest BCUT2D eigenvalue weighted by Gasteiger charge is 2.23. The average Bonchev–Trinajstić information content (AvgIpc) is 2.73. The third-order valence-electron chi connectivity index (χ3n) is 3.70. The van der Waals surface area contributed by atoms with Crippen LogP contribution in [-0.4, -0.2) is 15.7 Å². The van der Waals surface area contributed by atoms with Gasteiger partial charge in [-0.1, -0.05) is 32.5 Å². The Morgan fingerprint density at radius 1 is 1.50 bits per heavy atom. The van der Waals surface area contributed by atoms with Gasteiger partial charge >= 0.3 is 0 Å². The van der Waals surface area contributed by atoms with Crippen molar-refractivity contribution in [2.45, 2.75) is 45.2 Å². The molecule has 3 rings (SSSR count). The summed E-state index contributed by atoms with van der Waals surface area (Å²) in [6, 6.07) is 0. The maximum atomic E-state index is 12.4. The summed E-state index contributed by atoms with van der Waals surface area (Å²) < 4.78 is 0. The zero-order chi connectivity index (χ0) is 14.3. The van der Waals surface area contributed by atoms with Crippen LogP contribution in [0.25, 0.3) is 10.2 Å². The normalized spacial score (nSPS) is 18.7. The van der Waals surface area contributed by atoms with E-state index in [4.69, 9.17) is 0 Å². The zero-order valence-electron chi connectivity index (χ0n) is 12.2. The second-order valence-electron chi connectivity index (χ2n) is 6.11. The fourth-order valence-corrected chi connectivity index (χ4v) is 4.90. The number of nitrogens with one attached hydrogen (secondary N) is 1. The monoisotopic (exact) mass is 308 g/mol. The lowest BCUT2D eigenvalue weighted by Crippen LogP contribution is -2.13. The molecule has 2 heterocycles. The van der Waals surface area contributed by atoms with Crippen LogP contribution < -0.4 is 5.56 Å². The lowest BCUT2D eigenvalue weighted by molar-refractivity contribution is 0.509. The molecule has 0 fully saturated rings. The highest BCUT2D eigenvalue weighted by molar-refractivity contribution is 7.99. The van der Waals surface area contributed by atoms with E-state index in [-0.39, 0.29) is 5.56 Å². The Morgan fingerprint density at radius 3 is 3.05 bits per heavy atom. The lowest BCUT2D eigenvalue weighted by Gasteiger charge is -2.17. The van der Waals surface area contributed by atoms with E-state index >= 15 is 0 Å². The van der Waals surface area contributed by atoms with Gasteiger partial charge in [0.05, 0.1) is 5.39 Å². The van der Waals surface area contributed by atoms with E-state index in [2.05, 4.69) is 30.7 Å². The van der Waals surface area contributed by atoms with E-state index in [1.807, 2.05) is 0 Å². The van der Waals surface area contributed by atoms with E-state index in [9.17, 15) is 4.79 Å². The molecule has 0 aromatic carbocycles. The Balaban J connectivity index is 2.03. The van der Waals surface area contributed by atoms with Crippen molar-refractivity contribution in [2.75, 3.05) is 5.75 Å². The molecule has 0 spiro atoms. The molecule has 0 amide bonds. The number of H-pyrrole nitrogens is 1. The predicted octanol–water partition coefficient (Wildman–Crippen LogP) is 3.86. The number of rotatable bonds is 3. The zero-order valence-corrected chi connectivity index (χ0v) is 13.8. The summed E-state index contributed by atoms with van der Waals surface area (Å²) in [7, 11) is 0. The molecule has 5 heteroatoms. The first-order chi connectivity index (χ1) is 9.54. The fourth-order valence-electron chi connectivity index (χ4n) is 2.64. The Labute approximate surface area is 127 Å². The smallest absolute Gasteiger partial charge is 0.260 e. The summed E-state index contributed by atoms with van der Waals surface area (Å²) in [5.41, 5.74) is 1.31. The Morgan fingerprint density at radius 2 is 2.30 bits per heavy atom. The van der Waals surface area contributed by atoms with Gasteiger partial charge in [-0.3, -0.25) is 4.79 Å². The van der Waals surface area contributed by atoms with Crippen molar-refractivity contribution in [2.24, 2.45) is 11.8 Å². The van der Waals surface area contributed by atoms with Crippen LogP contribution >= 0.6 is 23.1 Å². The maximum absolute atomic E-state index is 12.4. The van der Waals surface area contributed by atoms with Crippen LogP contribution in [0.3, 0.4) is 0 Å². The van der Waals surface area contributed by atoms with Gasteiger partial charge in [-0.2, -0.15) is 0 Å².